The molecule has 0 aliphatic carbocycles. The van der Waals surface area contributed by atoms with E-state index in [4.69, 9.17) is 15.2 Å². The van der Waals surface area contributed by atoms with E-state index in [0.29, 0.717) is 25.1 Å². The number of likely N-dealkylation sites (N-methyl/N-ethyl adjacent to an activating group) is 1. The summed E-state index contributed by atoms with van der Waals surface area (Å²) in [6.45, 7) is 0.754. The van der Waals surface area contributed by atoms with E-state index in [-0.39, 0.29) is 17.8 Å². The lowest BCUT2D eigenvalue weighted by Gasteiger charge is -2.21. The Morgan fingerprint density at radius 3 is 2.86 bits per heavy atom. The van der Waals surface area contributed by atoms with Crippen LogP contribution < -0.4 is 10.5 Å². The van der Waals surface area contributed by atoms with Gasteiger partial charge in [0.15, 0.2) is 11.6 Å². The molecule has 2 atom stereocenters. The third kappa shape index (κ3) is 3.71. The van der Waals surface area contributed by atoms with Crippen molar-refractivity contribution in [2.45, 2.75) is 31.6 Å². The summed E-state index contributed by atoms with van der Waals surface area (Å²) in [7, 11) is 3.10. The number of carbonyl (C=O) groups excluding carboxylic acids is 1. The van der Waals surface area contributed by atoms with Gasteiger partial charge in [-0.1, -0.05) is 6.07 Å². The Labute approximate surface area is 123 Å². The molecular weight excluding hydrogens is 275 g/mol. The number of hydrogen-bond acceptors (Lipinski definition) is 4. The van der Waals surface area contributed by atoms with E-state index in [2.05, 4.69) is 0 Å². The van der Waals surface area contributed by atoms with Crippen LogP contribution in [0.1, 0.15) is 18.4 Å². The van der Waals surface area contributed by atoms with Gasteiger partial charge in [0, 0.05) is 20.1 Å². The highest BCUT2D eigenvalue weighted by Gasteiger charge is 2.31. The molecule has 6 heteroatoms. The lowest BCUT2D eigenvalue weighted by molar-refractivity contribution is -0.141. The molecule has 1 amide bonds. The van der Waals surface area contributed by atoms with Crippen LogP contribution in [0.5, 0.6) is 5.75 Å². The van der Waals surface area contributed by atoms with Crippen molar-refractivity contribution >= 4 is 5.91 Å². The average molecular weight is 296 g/mol. The zero-order chi connectivity index (χ0) is 15.4. The molecule has 0 radical (unpaired) electrons. The number of nitrogens with two attached hydrogens (primary N) is 1. The van der Waals surface area contributed by atoms with Crippen LogP contribution in [0, 0.1) is 5.82 Å². The molecule has 1 aromatic carbocycles. The lowest BCUT2D eigenvalue weighted by atomic mass is 10.1. The molecule has 1 fully saturated rings. The topological polar surface area (TPSA) is 64.8 Å². The van der Waals surface area contributed by atoms with Crippen molar-refractivity contribution in [1.82, 2.24) is 4.90 Å². The van der Waals surface area contributed by atoms with Gasteiger partial charge in [-0.25, -0.2) is 4.39 Å². The molecular formula is C15H21FN2O3. The van der Waals surface area contributed by atoms with Crippen molar-refractivity contribution in [3.05, 3.63) is 29.6 Å². The summed E-state index contributed by atoms with van der Waals surface area (Å²) < 4.78 is 24.1. The maximum atomic E-state index is 13.6. The fraction of sp³-hybridized carbons (Fsp3) is 0.533. The fourth-order valence-corrected chi connectivity index (χ4v) is 2.47. The number of benzene rings is 1. The van der Waals surface area contributed by atoms with Gasteiger partial charge in [-0.05, 0) is 30.5 Å². The maximum Gasteiger partial charge on any atom is 0.251 e. The highest BCUT2D eigenvalue weighted by Crippen LogP contribution is 2.22. The predicted molar refractivity (Wildman–Crippen MR) is 76.4 cm³/mol. The molecule has 2 unspecified atom stereocenters. The van der Waals surface area contributed by atoms with E-state index in [9.17, 15) is 9.18 Å². The number of rotatable bonds is 5. The van der Waals surface area contributed by atoms with Crippen LogP contribution in [-0.2, 0) is 16.1 Å². The molecule has 1 aliphatic rings. The standard InChI is InChI=1S/C15H21FN2O3/c1-18(15(19)14-6-4-11(8-17)21-14)9-10-3-5-13(20-2)12(16)7-10/h3,5,7,11,14H,4,6,8-9,17H2,1-2H3. The van der Waals surface area contributed by atoms with Gasteiger partial charge in [-0.15, -0.1) is 0 Å². The SMILES string of the molecule is COc1ccc(CN(C)C(=O)C2CCC(CN)O2)cc1F. The Morgan fingerprint density at radius 2 is 2.29 bits per heavy atom. The van der Waals surface area contributed by atoms with E-state index in [1.807, 2.05) is 0 Å². The van der Waals surface area contributed by atoms with E-state index in [1.54, 1.807) is 24.1 Å². The minimum absolute atomic E-state index is 0.0363. The number of halogens is 1. The molecule has 1 saturated heterocycles. The second-order valence-electron chi connectivity index (χ2n) is 5.22. The zero-order valence-corrected chi connectivity index (χ0v) is 12.3. The normalized spacial score (nSPS) is 21.3. The van der Waals surface area contributed by atoms with E-state index >= 15 is 0 Å². The van der Waals surface area contributed by atoms with Gasteiger partial charge < -0.3 is 20.1 Å². The van der Waals surface area contributed by atoms with Crippen molar-refractivity contribution < 1.29 is 18.7 Å². The van der Waals surface area contributed by atoms with Crippen LogP contribution in [0.25, 0.3) is 0 Å². The Kier molecular flexibility index (Phi) is 5.14. The van der Waals surface area contributed by atoms with Gasteiger partial charge in [0.05, 0.1) is 13.2 Å². The van der Waals surface area contributed by atoms with Crippen LogP contribution in [0.4, 0.5) is 4.39 Å². The van der Waals surface area contributed by atoms with Crippen molar-refractivity contribution in [1.29, 1.82) is 0 Å². The molecule has 0 spiro atoms. The van der Waals surface area contributed by atoms with E-state index in [1.165, 1.54) is 13.2 Å². The van der Waals surface area contributed by atoms with E-state index in [0.717, 1.165) is 6.42 Å². The Morgan fingerprint density at radius 1 is 1.52 bits per heavy atom. The minimum atomic E-state index is -0.438. The van der Waals surface area contributed by atoms with Gasteiger partial charge in [0.25, 0.3) is 5.91 Å². The monoisotopic (exact) mass is 296 g/mol. The summed E-state index contributed by atoms with van der Waals surface area (Å²) in [5, 5.41) is 0. The minimum Gasteiger partial charge on any atom is -0.494 e. The Bertz CT molecular complexity index is 510. The third-order valence-electron chi connectivity index (χ3n) is 3.66. The molecule has 2 N–H and O–H groups in total. The molecule has 116 valence electrons. The summed E-state index contributed by atoms with van der Waals surface area (Å²) in [6.07, 6.45) is 1.01. The largest absolute Gasteiger partial charge is 0.494 e. The van der Waals surface area contributed by atoms with Crippen LogP contribution in [0.2, 0.25) is 0 Å². The summed E-state index contributed by atoms with van der Waals surface area (Å²) >= 11 is 0. The number of methoxy groups -OCH3 is 1. The number of ether oxygens (including phenoxy) is 2. The molecule has 1 aromatic rings. The van der Waals surface area contributed by atoms with Gasteiger partial charge in [0.1, 0.15) is 6.10 Å². The summed E-state index contributed by atoms with van der Waals surface area (Å²) in [6, 6.07) is 4.67. The zero-order valence-electron chi connectivity index (χ0n) is 12.3. The first-order valence-electron chi connectivity index (χ1n) is 6.98. The van der Waals surface area contributed by atoms with Gasteiger partial charge >= 0.3 is 0 Å². The maximum absolute atomic E-state index is 13.6. The molecule has 1 aliphatic heterocycles. The molecule has 21 heavy (non-hydrogen) atoms. The highest BCUT2D eigenvalue weighted by molar-refractivity contribution is 5.81. The molecule has 5 nitrogen and oxygen atoms in total. The van der Waals surface area contributed by atoms with Gasteiger partial charge in [-0.2, -0.15) is 0 Å². The third-order valence-corrected chi connectivity index (χ3v) is 3.66. The van der Waals surface area contributed by atoms with Gasteiger partial charge in [-0.3, -0.25) is 4.79 Å². The summed E-state index contributed by atoms with van der Waals surface area (Å²) in [4.78, 5) is 13.8. The number of hydrogen-bond donors (Lipinski definition) is 1. The van der Waals surface area contributed by atoms with Crippen molar-refractivity contribution in [3.8, 4) is 5.75 Å². The van der Waals surface area contributed by atoms with E-state index < -0.39 is 11.9 Å². The predicted octanol–water partition coefficient (Wildman–Crippen LogP) is 1.30. The molecule has 0 saturated carbocycles. The van der Waals surface area contributed by atoms with Crippen molar-refractivity contribution in [3.63, 3.8) is 0 Å². The smallest absolute Gasteiger partial charge is 0.251 e. The summed E-state index contributed by atoms with van der Waals surface area (Å²) in [5.41, 5.74) is 6.24. The van der Waals surface area contributed by atoms with Gasteiger partial charge in [0.2, 0.25) is 0 Å². The quantitative estimate of drug-likeness (QED) is 0.889. The second-order valence-corrected chi connectivity index (χ2v) is 5.22. The Balaban J connectivity index is 1.96. The lowest BCUT2D eigenvalue weighted by Crippen LogP contribution is -2.36. The molecule has 1 heterocycles. The number of carbonyl (C=O) groups is 1. The van der Waals surface area contributed by atoms with Crippen LogP contribution in [0.3, 0.4) is 0 Å². The first kappa shape index (κ1) is 15.7. The van der Waals surface area contributed by atoms with Crippen molar-refractivity contribution in [2.24, 2.45) is 5.73 Å². The van der Waals surface area contributed by atoms with Crippen LogP contribution >= 0.6 is 0 Å². The van der Waals surface area contributed by atoms with Crippen molar-refractivity contribution in [2.75, 3.05) is 20.7 Å². The first-order chi connectivity index (χ1) is 10.0. The second kappa shape index (κ2) is 6.87. The molecule has 2 rings (SSSR count). The fourth-order valence-electron chi connectivity index (χ4n) is 2.47. The number of nitrogens with zero attached hydrogens (tertiary/aromatic N) is 1. The first-order valence-corrected chi connectivity index (χ1v) is 6.98. The molecule has 0 aromatic heterocycles. The Hall–Kier alpha value is -1.66. The van der Waals surface area contributed by atoms with Crippen LogP contribution in [-0.4, -0.2) is 43.7 Å². The highest BCUT2D eigenvalue weighted by atomic mass is 19.1. The average Bonchev–Trinajstić information content (AvgIpc) is 2.95. The summed E-state index contributed by atoms with van der Waals surface area (Å²) in [5.74, 6) is -0.337. The number of amides is 1. The van der Waals surface area contributed by atoms with Crippen LogP contribution in [0.15, 0.2) is 18.2 Å². The molecule has 0 bridgehead atoms.